The molecule has 118 valence electrons. The number of nitrogens with one attached hydrogen (secondary N) is 1. The van der Waals surface area contributed by atoms with Gasteiger partial charge in [0.15, 0.2) is 6.10 Å². The van der Waals surface area contributed by atoms with Crippen LogP contribution >= 0.6 is 0 Å². The SMILES string of the molecule is CC1Oc2cc(C(=O)NCc3cccnc3)ccc2N(C)C1=O. The number of pyridine rings is 1. The second-order valence-electron chi connectivity index (χ2n) is 5.38. The van der Waals surface area contributed by atoms with Crippen LogP contribution in [0.3, 0.4) is 0 Å². The van der Waals surface area contributed by atoms with Gasteiger partial charge in [0.05, 0.1) is 5.69 Å². The van der Waals surface area contributed by atoms with Crippen molar-refractivity contribution >= 4 is 17.5 Å². The van der Waals surface area contributed by atoms with E-state index in [1.807, 2.05) is 12.1 Å². The highest BCUT2D eigenvalue weighted by Crippen LogP contribution is 2.33. The van der Waals surface area contributed by atoms with Crippen LogP contribution < -0.4 is 15.0 Å². The molecule has 0 radical (unpaired) electrons. The summed E-state index contributed by atoms with van der Waals surface area (Å²) in [5.41, 5.74) is 2.08. The highest BCUT2D eigenvalue weighted by molar-refractivity contribution is 6.01. The molecular formula is C17H17N3O3. The minimum absolute atomic E-state index is 0.105. The third-order valence-corrected chi connectivity index (χ3v) is 3.74. The molecule has 0 bridgehead atoms. The van der Waals surface area contributed by atoms with Crippen LogP contribution in [0.2, 0.25) is 0 Å². The summed E-state index contributed by atoms with van der Waals surface area (Å²) >= 11 is 0. The number of fused-ring (bicyclic) bond motifs is 1. The summed E-state index contributed by atoms with van der Waals surface area (Å²) in [5, 5.41) is 2.84. The van der Waals surface area contributed by atoms with Crippen molar-refractivity contribution in [2.24, 2.45) is 0 Å². The number of anilines is 1. The Bertz CT molecular complexity index is 746. The Kier molecular flexibility index (Phi) is 3.97. The van der Waals surface area contributed by atoms with Crippen LogP contribution in [0.1, 0.15) is 22.8 Å². The molecule has 2 amide bonds. The van der Waals surface area contributed by atoms with E-state index in [1.54, 1.807) is 49.5 Å². The van der Waals surface area contributed by atoms with Gasteiger partial charge in [0.1, 0.15) is 5.75 Å². The van der Waals surface area contributed by atoms with Gasteiger partial charge < -0.3 is 15.0 Å². The lowest BCUT2D eigenvalue weighted by Gasteiger charge is -2.30. The third kappa shape index (κ3) is 3.01. The molecule has 23 heavy (non-hydrogen) atoms. The van der Waals surface area contributed by atoms with Crippen molar-refractivity contribution in [2.45, 2.75) is 19.6 Å². The van der Waals surface area contributed by atoms with Gasteiger partial charge in [0, 0.05) is 31.5 Å². The number of aromatic nitrogens is 1. The van der Waals surface area contributed by atoms with E-state index < -0.39 is 6.10 Å². The van der Waals surface area contributed by atoms with E-state index in [4.69, 9.17) is 4.74 Å². The number of amides is 2. The molecule has 1 aromatic carbocycles. The molecule has 6 heteroatoms. The standard InChI is InChI=1S/C17H17N3O3/c1-11-17(22)20(2)14-6-5-13(8-15(14)23-11)16(21)19-10-12-4-3-7-18-9-12/h3-9,11H,10H2,1-2H3,(H,19,21). The number of likely N-dealkylation sites (N-methyl/N-ethyl adjacent to an activating group) is 1. The van der Waals surface area contributed by atoms with Crippen molar-refractivity contribution in [1.82, 2.24) is 10.3 Å². The first-order valence-electron chi connectivity index (χ1n) is 7.31. The van der Waals surface area contributed by atoms with E-state index in [0.717, 1.165) is 5.56 Å². The number of rotatable bonds is 3. The van der Waals surface area contributed by atoms with E-state index in [1.165, 1.54) is 0 Å². The maximum Gasteiger partial charge on any atom is 0.267 e. The molecule has 1 aliphatic rings. The van der Waals surface area contributed by atoms with Gasteiger partial charge in [0.2, 0.25) is 0 Å². The van der Waals surface area contributed by atoms with Crippen molar-refractivity contribution in [3.05, 3.63) is 53.9 Å². The molecule has 1 N–H and O–H groups in total. The Morgan fingerprint density at radius 2 is 2.22 bits per heavy atom. The predicted octanol–water partition coefficient (Wildman–Crippen LogP) is 1.76. The minimum Gasteiger partial charge on any atom is -0.479 e. The summed E-state index contributed by atoms with van der Waals surface area (Å²) in [4.78, 5) is 29.7. The van der Waals surface area contributed by atoms with E-state index in [9.17, 15) is 9.59 Å². The molecule has 0 spiro atoms. The smallest absolute Gasteiger partial charge is 0.267 e. The predicted molar refractivity (Wildman–Crippen MR) is 85.3 cm³/mol. The average molecular weight is 311 g/mol. The average Bonchev–Trinajstić information content (AvgIpc) is 2.58. The molecule has 3 rings (SSSR count). The van der Waals surface area contributed by atoms with Crippen molar-refractivity contribution in [3.63, 3.8) is 0 Å². The first-order chi connectivity index (χ1) is 11.1. The Morgan fingerprint density at radius 3 is 2.96 bits per heavy atom. The van der Waals surface area contributed by atoms with Gasteiger partial charge in [-0.05, 0) is 36.8 Å². The van der Waals surface area contributed by atoms with E-state index in [2.05, 4.69) is 10.3 Å². The molecule has 1 atom stereocenters. The quantitative estimate of drug-likeness (QED) is 0.937. The second kappa shape index (κ2) is 6.08. The Hall–Kier alpha value is -2.89. The van der Waals surface area contributed by atoms with Crippen LogP contribution in [-0.2, 0) is 11.3 Å². The number of hydrogen-bond acceptors (Lipinski definition) is 4. The maximum atomic E-state index is 12.3. The fourth-order valence-corrected chi connectivity index (χ4v) is 2.45. The molecular weight excluding hydrogens is 294 g/mol. The van der Waals surface area contributed by atoms with Gasteiger partial charge in [-0.15, -0.1) is 0 Å². The molecule has 0 fully saturated rings. The molecule has 6 nitrogen and oxygen atoms in total. The molecule has 0 saturated carbocycles. The van der Waals surface area contributed by atoms with Gasteiger partial charge in [-0.2, -0.15) is 0 Å². The van der Waals surface area contributed by atoms with Crippen molar-refractivity contribution < 1.29 is 14.3 Å². The highest BCUT2D eigenvalue weighted by Gasteiger charge is 2.29. The lowest BCUT2D eigenvalue weighted by Crippen LogP contribution is -2.42. The van der Waals surface area contributed by atoms with Crippen LogP contribution in [-0.4, -0.2) is 29.9 Å². The number of benzene rings is 1. The van der Waals surface area contributed by atoms with E-state index in [-0.39, 0.29) is 11.8 Å². The summed E-state index contributed by atoms with van der Waals surface area (Å²) in [5.74, 6) is 0.229. The lowest BCUT2D eigenvalue weighted by atomic mass is 10.1. The van der Waals surface area contributed by atoms with Crippen LogP contribution in [0.15, 0.2) is 42.7 Å². The molecule has 1 aliphatic heterocycles. The number of hydrogen-bond donors (Lipinski definition) is 1. The Labute approximate surface area is 134 Å². The van der Waals surface area contributed by atoms with Gasteiger partial charge in [-0.25, -0.2) is 0 Å². The summed E-state index contributed by atoms with van der Waals surface area (Å²) in [6.45, 7) is 2.09. The number of carbonyl (C=O) groups is 2. The zero-order valence-corrected chi connectivity index (χ0v) is 12.9. The normalized spacial score (nSPS) is 16.5. The van der Waals surface area contributed by atoms with Gasteiger partial charge in [-0.1, -0.05) is 6.07 Å². The fraction of sp³-hybridized carbons (Fsp3) is 0.235. The minimum atomic E-state index is -0.554. The largest absolute Gasteiger partial charge is 0.479 e. The third-order valence-electron chi connectivity index (χ3n) is 3.74. The zero-order valence-electron chi connectivity index (χ0n) is 12.9. The lowest BCUT2D eigenvalue weighted by molar-refractivity contribution is -0.125. The molecule has 0 aliphatic carbocycles. The summed E-state index contributed by atoms with van der Waals surface area (Å²) < 4.78 is 5.59. The first kappa shape index (κ1) is 15.0. The molecule has 0 saturated heterocycles. The van der Waals surface area contributed by atoms with E-state index >= 15 is 0 Å². The Balaban J connectivity index is 1.75. The molecule has 1 unspecified atom stereocenters. The van der Waals surface area contributed by atoms with Gasteiger partial charge in [0.25, 0.3) is 11.8 Å². The van der Waals surface area contributed by atoms with Crippen LogP contribution in [0.5, 0.6) is 5.75 Å². The van der Waals surface area contributed by atoms with Gasteiger partial charge in [-0.3, -0.25) is 14.6 Å². The first-order valence-corrected chi connectivity index (χ1v) is 7.31. The molecule has 1 aromatic heterocycles. The summed E-state index contributed by atoms with van der Waals surface area (Å²) in [6, 6.07) is 8.78. The van der Waals surface area contributed by atoms with E-state index in [0.29, 0.717) is 23.5 Å². The van der Waals surface area contributed by atoms with Gasteiger partial charge >= 0.3 is 0 Å². The van der Waals surface area contributed by atoms with Crippen LogP contribution in [0, 0.1) is 0 Å². The molecule has 2 aromatic rings. The Morgan fingerprint density at radius 1 is 1.39 bits per heavy atom. The number of ether oxygens (including phenoxy) is 1. The number of carbonyl (C=O) groups excluding carboxylic acids is 2. The van der Waals surface area contributed by atoms with Crippen LogP contribution in [0.25, 0.3) is 0 Å². The summed E-state index contributed by atoms with van der Waals surface area (Å²) in [7, 11) is 1.70. The zero-order chi connectivity index (χ0) is 16.4. The summed E-state index contributed by atoms with van der Waals surface area (Å²) in [6.07, 6.45) is 2.84. The maximum absolute atomic E-state index is 12.3. The monoisotopic (exact) mass is 311 g/mol. The van der Waals surface area contributed by atoms with Crippen molar-refractivity contribution in [2.75, 3.05) is 11.9 Å². The fourth-order valence-electron chi connectivity index (χ4n) is 2.45. The van der Waals surface area contributed by atoms with Crippen molar-refractivity contribution in [3.8, 4) is 5.75 Å². The number of nitrogens with zero attached hydrogens (tertiary/aromatic N) is 2. The van der Waals surface area contributed by atoms with Crippen LogP contribution in [0.4, 0.5) is 5.69 Å². The highest BCUT2D eigenvalue weighted by atomic mass is 16.5. The molecule has 2 heterocycles. The topological polar surface area (TPSA) is 71.5 Å². The van der Waals surface area contributed by atoms with Crippen molar-refractivity contribution in [1.29, 1.82) is 0 Å². The second-order valence-corrected chi connectivity index (χ2v) is 5.38.